The van der Waals surface area contributed by atoms with Crippen molar-refractivity contribution < 1.29 is 27.5 Å². The largest absolute Gasteiger partial charge is 0.379 e. The lowest BCUT2D eigenvalue weighted by Crippen LogP contribution is -2.40. The number of benzene rings is 2. The number of carbonyl (C=O) groups excluding carboxylic acids is 3. The van der Waals surface area contributed by atoms with E-state index in [4.69, 9.17) is 4.74 Å². The number of unbranched alkanes of at least 4 members (excludes halogenated alkanes) is 7. The van der Waals surface area contributed by atoms with Crippen molar-refractivity contribution in [3.63, 3.8) is 0 Å². The lowest BCUT2D eigenvalue weighted by atomic mass is 10.1. The van der Waals surface area contributed by atoms with Gasteiger partial charge in [0.1, 0.15) is 0 Å². The molecule has 2 aromatic carbocycles. The third kappa shape index (κ3) is 7.79. The molecular weight excluding hydrogens is 601 g/mol. The van der Waals surface area contributed by atoms with Crippen molar-refractivity contribution in [3.05, 3.63) is 65.0 Å². The minimum Gasteiger partial charge on any atom is -0.379 e. The maximum absolute atomic E-state index is 12.8. The number of imide groups is 1. The lowest BCUT2D eigenvalue weighted by Gasteiger charge is -2.26. The Kier molecular flexibility index (Phi) is 10.9. The van der Waals surface area contributed by atoms with Crippen LogP contribution in [0, 0.1) is 0 Å². The monoisotopic (exact) mass is 638 g/mol. The summed E-state index contributed by atoms with van der Waals surface area (Å²) in [6, 6.07) is 13.6. The maximum Gasteiger partial charge on any atom is 0.261 e. The van der Waals surface area contributed by atoms with Gasteiger partial charge in [0.25, 0.3) is 11.8 Å². The minimum atomic E-state index is -3.55. The highest BCUT2D eigenvalue weighted by Crippen LogP contribution is 2.27. The molecule has 3 heterocycles. The van der Waals surface area contributed by atoms with Crippen LogP contribution in [-0.2, 0) is 19.6 Å². The number of amides is 3. The van der Waals surface area contributed by atoms with E-state index in [1.165, 1.54) is 20.5 Å². The molecule has 2 aliphatic rings. The summed E-state index contributed by atoms with van der Waals surface area (Å²) in [6.45, 7) is 1.97. The van der Waals surface area contributed by atoms with Crippen LogP contribution in [0.5, 0.6) is 0 Å². The van der Waals surface area contributed by atoms with Crippen LogP contribution in [0.25, 0.3) is 11.3 Å². The molecule has 0 spiro atoms. The zero-order valence-corrected chi connectivity index (χ0v) is 26.3. The van der Waals surface area contributed by atoms with E-state index in [-0.39, 0.29) is 22.6 Å². The van der Waals surface area contributed by atoms with Gasteiger partial charge in [0, 0.05) is 37.0 Å². The standard InChI is InChI=1S/C32H38N4O6S2/c37-29(13-7-5-3-1-2-4-6-10-18-36-30(38)26-11-8-9-12-27(26)31(36)39)34-32-33-28(23-43-32)24-14-16-25(17-15-24)44(40,41)35-19-21-42-22-20-35/h8-9,11-12,14-17,23H,1-7,10,13,18-22H2,(H,33,34,37). The average molecular weight is 639 g/mol. The van der Waals surface area contributed by atoms with Gasteiger partial charge in [-0.3, -0.25) is 19.3 Å². The number of sulfonamides is 1. The molecule has 12 heteroatoms. The Morgan fingerprint density at radius 3 is 2.07 bits per heavy atom. The summed E-state index contributed by atoms with van der Waals surface area (Å²) < 4.78 is 32.4. The molecule has 5 rings (SSSR count). The summed E-state index contributed by atoms with van der Waals surface area (Å²) in [6.07, 6.45) is 8.31. The van der Waals surface area contributed by atoms with Crippen LogP contribution in [0.3, 0.4) is 0 Å². The van der Waals surface area contributed by atoms with Gasteiger partial charge in [0.15, 0.2) is 5.13 Å². The lowest BCUT2D eigenvalue weighted by molar-refractivity contribution is -0.116. The molecule has 3 amide bonds. The second-order valence-electron chi connectivity index (χ2n) is 11.0. The first-order chi connectivity index (χ1) is 21.3. The van der Waals surface area contributed by atoms with E-state index >= 15 is 0 Å². The molecule has 1 saturated heterocycles. The molecule has 0 aliphatic carbocycles. The van der Waals surface area contributed by atoms with Gasteiger partial charge in [-0.15, -0.1) is 11.3 Å². The summed E-state index contributed by atoms with van der Waals surface area (Å²) in [4.78, 5) is 43.4. The number of hydrogen-bond acceptors (Lipinski definition) is 8. The molecule has 0 saturated carbocycles. The zero-order chi connectivity index (χ0) is 30.9. The molecular formula is C32H38N4O6S2. The third-order valence-corrected chi connectivity index (χ3v) is 10.6. The number of ether oxygens (including phenoxy) is 1. The van der Waals surface area contributed by atoms with Gasteiger partial charge in [-0.25, -0.2) is 13.4 Å². The van der Waals surface area contributed by atoms with Gasteiger partial charge in [-0.05, 0) is 37.1 Å². The van der Waals surface area contributed by atoms with Gasteiger partial charge in [0.2, 0.25) is 15.9 Å². The van der Waals surface area contributed by atoms with Crippen LogP contribution in [-0.4, -0.2) is 73.2 Å². The van der Waals surface area contributed by atoms with Crippen molar-refractivity contribution in [2.75, 3.05) is 38.2 Å². The van der Waals surface area contributed by atoms with E-state index in [1.54, 1.807) is 48.5 Å². The summed E-state index contributed by atoms with van der Waals surface area (Å²) in [5.41, 5.74) is 2.48. The van der Waals surface area contributed by atoms with E-state index < -0.39 is 10.0 Å². The van der Waals surface area contributed by atoms with Crippen molar-refractivity contribution in [3.8, 4) is 11.3 Å². The van der Waals surface area contributed by atoms with E-state index in [1.807, 2.05) is 5.38 Å². The quantitative estimate of drug-likeness (QED) is 0.170. The molecule has 0 atom stereocenters. The minimum absolute atomic E-state index is 0.0639. The van der Waals surface area contributed by atoms with Crippen LogP contribution in [0.1, 0.15) is 78.5 Å². The summed E-state index contributed by atoms with van der Waals surface area (Å²) in [5.74, 6) is -0.435. The number of morpholine rings is 1. The highest BCUT2D eigenvalue weighted by molar-refractivity contribution is 7.89. The molecule has 44 heavy (non-hydrogen) atoms. The molecule has 0 unspecified atom stereocenters. The highest BCUT2D eigenvalue weighted by atomic mass is 32.2. The molecule has 1 aromatic heterocycles. The molecule has 1 fully saturated rings. The Balaban J connectivity index is 0.932. The van der Waals surface area contributed by atoms with Crippen LogP contribution in [0.15, 0.2) is 58.8 Å². The Bertz CT molecular complexity index is 1530. The van der Waals surface area contributed by atoms with Crippen LogP contribution >= 0.6 is 11.3 Å². The molecule has 1 N–H and O–H groups in total. The number of hydrogen-bond donors (Lipinski definition) is 1. The number of rotatable bonds is 15. The number of fused-ring (bicyclic) bond motifs is 1. The fraction of sp³-hybridized carbons (Fsp3) is 0.438. The Morgan fingerprint density at radius 1 is 0.841 bits per heavy atom. The highest BCUT2D eigenvalue weighted by Gasteiger charge is 2.34. The SMILES string of the molecule is O=C(CCCCCCCCCCN1C(=O)c2ccccc2C1=O)Nc1nc(-c2ccc(S(=O)(=O)N3CCOCC3)cc2)cs1. The van der Waals surface area contributed by atoms with Crippen molar-refractivity contribution in [2.45, 2.75) is 62.7 Å². The molecule has 234 valence electrons. The van der Waals surface area contributed by atoms with Crippen molar-refractivity contribution >= 4 is 44.2 Å². The van der Waals surface area contributed by atoms with Gasteiger partial charge in [0.05, 0.1) is 34.9 Å². The average Bonchev–Trinajstić information content (AvgIpc) is 3.60. The Morgan fingerprint density at radius 2 is 1.43 bits per heavy atom. The number of nitrogens with zero attached hydrogens (tertiary/aromatic N) is 3. The van der Waals surface area contributed by atoms with Gasteiger partial charge >= 0.3 is 0 Å². The topological polar surface area (TPSA) is 126 Å². The van der Waals surface area contributed by atoms with Crippen molar-refractivity contribution in [1.82, 2.24) is 14.2 Å². The third-order valence-electron chi connectivity index (χ3n) is 7.92. The van der Waals surface area contributed by atoms with Crippen LogP contribution in [0.4, 0.5) is 5.13 Å². The second-order valence-corrected chi connectivity index (χ2v) is 13.8. The van der Waals surface area contributed by atoms with Gasteiger partial charge < -0.3 is 10.1 Å². The Hall–Kier alpha value is -3.45. The molecule has 2 aliphatic heterocycles. The predicted molar refractivity (Wildman–Crippen MR) is 169 cm³/mol. The molecule has 0 radical (unpaired) electrons. The number of nitrogens with one attached hydrogen (secondary N) is 1. The van der Waals surface area contributed by atoms with Gasteiger partial charge in [-0.2, -0.15) is 4.31 Å². The molecule has 0 bridgehead atoms. The number of carbonyl (C=O) groups is 3. The van der Waals surface area contributed by atoms with E-state index in [2.05, 4.69) is 10.3 Å². The first kappa shape index (κ1) is 32.0. The fourth-order valence-corrected chi connectivity index (χ4v) is 7.58. The van der Waals surface area contributed by atoms with Crippen molar-refractivity contribution in [2.24, 2.45) is 0 Å². The fourth-order valence-electron chi connectivity index (χ4n) is 5.44. The summed E-state index contributed by atoms with van der Waals surface area (Å²) >= 11 is 1.34. The van der Waals surface area contributed by atoms with Gasteiger partial charge in [-0.1, -0.05) is 62.8 Å². The first-order valence-electron chi connectivity index (χ1n) is 15.2. The maximum atomic E-state index is 12.8. The first-order valence-corrected chi connectivity index (χ1v) is 17.6. The van der Waals surface area contributed by atoms with E-state index in [0.717, 1.165) is 56.9 Å². The summed E-state index contributed by atoms with van der Waals surface area (Å²) in [7, 11) is -3.55. The zero-order valence-electron chi connectivity index (χ0n) is 24.7. The number of anilines is 1. The predicted octanol–water partition coefficient (Wildman–Crippen LogP) is 5.58. The Labute approximate surface area is 262 Å². The van der Waals surface area contributed by atoms with E-state index in [0.29, 0.717) is 61.2 Å². The summed E-state index contributed by atoms with van der Waals surface area (Å²) in [5, 5.41) is 5.25. The molecule has 3 aromatic rings. The normalized spacial score (nSPS) is 15.5. The number of aromatic nitrogens is 1. The number of thiazole rings is 1. The van der Waals surface area contributed by atoms with Crippen LogP contribution in [0.2, 0.25) is 0 Å². The molecule has 10 nitrogen and oxygen atoms in total. The van der Waals surface area contributed by atoms with Crippen LogP contribution < -0.4 is 5.32 Å². The van der Waals surface area contributed by atoms with Crippen molar-refractivity contribution in [1.29, 1.82) is 0 Å². The van der Waals surface area contributed by atoms with E-state index in [9.17, 15) is 22.8 Å². The smallest absolute Gasteiger partial charge is 0.261 e. The second kappa shape index (κ2) is 15.0.